The average molecular weight is 539 g/mol. The van der Waals surface area contributed by atoms with Crippen molar-refractivity contribution in [2.45, 2.75) is 45.4 Å². The Morgan fingerprint density at radius 1 is 0.769 bits per heavy atom. The van der Waals surface area contributed by atoms with Gasteiger partial charge in [-0.25, -0.2) is 13.2 Å². The van der Waals surface area contributed by atoms with E-state index in [2.05, 4.69) is 10.6 Å². The molecule has 2 unspecified atom stereocenters. The summed E-state index contributed by atoms with van der Waals surface area (Å²) in [7, 11) is 1.55. The standard InChI is InChI=1S/C30H29F3N2O4/c1-16(18-8-12-21(31)23(33)14-18)34-25(17-6-10-20(38-5)11-7-17)19-9-13-22(32)24(15-19)35-26-27(36)28(37)29(26)39-30(2,3)4/h6-16,25,34-35H,1-5H3. The van der Waals surface area contributed by atoms with E-state index >= 15 is 0 Å². The van der Waals surface area contributed by atoms with Crippen LogP contribution in [0, 0.1) is 17.5 Å². The summed E-state index contributed by atoms with van der Waals surface area (Å²) in [5.41, 5.74) is -0.546. The van der Waals surface area contributed by atoms with Crippen LogP contribution in [0.4, 0.5) is 24.5 Å². The number of anilines is 2. The van der Waals surface area contributed by atoms with Gasteiger partial charge in [0.1, 0.15) is 22.9 Å². The molecule has 0 amide bonds. The molecule has 4 rings (SSSR count). The van der Waals surface area contributed by atoms with Crippen molar-refractivity contribution >= 4 is 11.4 Å². The highest BCUT2D eigenvalue weighted by Gasteiger charge is 2.28. The first kappa shape index (κ1) is 27.9. The molecule has 0 heterocycles. The third kappa shape index (κ3) is 6.15. The van der Waals surface area contributed by atoms with Crippen molar-refractivity contribution in [2.24, 2.45) is 0 Å². The first-order valence-corrected chi connectivity index (χ1v) is 12.3. The van der Waals surface area contributed by atoms with E-state index in [9.17, 15) is 22.8 Å². The first-order valence-electron chi connectivity index (χ1n) is 12.3. The molecule has 2 atom stereocenters. The minimum absolute atomic E-state index is 0.0286. The van der Waals surface area contributed by atoms with E-state index in [-0.39, 0.29) is 17.1 Å². The van der Waals surface area contributed by atoms with Crippen LogP contribution in [0.1, 0.15) is 56.5 Å². The van der Waals surface area contributed by atoms with Gasteiger partial charge >= 0.3 is 0 Å². The van der Waals surface area contributed by atoms with E-state index < -0.39 is 46.0 Å². The van der Waals surface area contributed by atoms with Crippen LogP contribution in [-0.4, -0.2) is 12.7 Å². The lowest BCUT2D eigenvalue weighted by molar-refractivity contribution is 0.128. The molecule has 0 spiro atoms. The Bertz CT molecular complexity index is 1550. The fraction of sp³-hybridized carbons (Fsp3) is 0.267. The number of rotatable bonds is 9. The molecule has 2 N–H and O–H groups in total. The van der Waals surface area contributed by atoms with Crippen LogP contribution in [0.5, 0.6) is 11.5 Å². The zero-order valence-corrected chi connectivity index (χ0v) is 22.2. The quantitative estimate of drug-likeness (QED) is 0.252. The van der Waals surface area contributed by atoms with Crippen molar-refractivity contribution in [3.63, 3.8) is 0 Å². The summed E-state index contributed by atoms with van der Waals surface area (Å²) in [5, 5.41) is 6.13. The van der Waals surface area contributed by atoms with Gasteiger partial charge in [-0.2, -0.15) is 0 Å². The van der Waals surface area contributed by atoms with Crippen LogP contribution >= 0.6 is 0 Å². The van der Waals surface area contributed by atoms with Crippen molar-refractivity contribution in [1.29, 1.82) is 0 Å². The van der Waals surface area contributed by atoms with Gasteiger partial charge in [0.25, 0.3) is 10.9 Å². The minimum Gasteiger partial charge on any atom is -0.497 e. The van der Waals surface area contributed by atoms with Crippen LogP contribution < -0.4 is 31.0 Å². The Morgan fingerprint density at radius 3 is 2.00 bits per heavy atom. The van der Waals surface area contributed by atoms with Crippen LogP contribution in [0.15, 0.2) is 70.3 Å². The smallest absolute Gasteiger partial charge is 0.272 e. The summed E-state index contributed by atoms with van der Waals surface area (Å²) in [4.78, 5) is 24.4. The van der Waals surface area contributed by atoms with Crippen molar-refractivity contribution in [3.05, 3.63) is 115 Å². The summed E-state index contributed by atoms with van der Waals surface area (Å²) in [6.07, 6.45) is 0. The van der Waals surface area contributed by atoms with Gasteiger partial charge in [0.2, 0.25) is 0 Å². The third-order valence-corrected chi connectivity index (χ3v) is 6.17. The summed E-state index contributed by atoms with van der Waals surface area (Å²) < 4.78 is 53.2. The van der Waals surface area contributed by atoms with Gasteiger partial charge < -0.3 is 14.8 Å². The second-order valence-electron chi connectivity index (χ2n) is 10.2. The molecular weight excluding hydrogens is 509 g/mol. The van der Waals surface area contributed by atoms with E-state index in [1.165, 1.54) is 18.2 Å². The fourth-order valence-electron chi connectivity index (χ4n) is 4.15. The maximum Gasteiger partial charge on any atom is 0.272 e. The lowest BCUT2D eigenvalue weighted by Crippen LogP contribution is -2.39. The Balaban J connectivity index is 1.71. The Kier molecular flexibility index (Phi) is 7.83. The van der Waals surface area contributed by atoms with Crippen molar-refractivity contribution in [3.8, 4) is 11.5 Å². The summed E-state index contributed by atoms with van der Waals surface area (Å²) >= 11 is 0. The fourth-order valence-corrected chi connectivity index (χ4v) is 4.15. The largest absolute Gasteiger partial charge is 0.497 e. The van der Waals surface area contributed by atoms with Gasteiger partial charge in [-0.15, -0.1) is 0 Å². The van der Waals surface area contributed by atoms with Crippen molar-refractivity contribution in [1.82, 2.24) is 5.32 Å². The van der Waals surface area contributed by atoms with Gasteiger partial charge in [-0.05, 0) is 80.8 Å². The molecule has 204 valence electrons. The molecule has 0 fully saturated rings. The average Bonchev–Trinajstić information content (AvgIpc) is 2.91. The topological polar surface area (TPSA) is 76.7 Å². The molecule has 0 aliphatic carbocycles. The molecule has 0 saturated carbocycles. The molecule has 9 heteroatoms. The number of ether oxygens (including phenoxy) is 2. The molecule has 39 heavy (non-hydrogen) atoms. The predicted octanol–water partition coefficient (Wildman–Crippen LogP) is 6.07. The Morgan fingerprint density at radius 2 is 1.38 bits per heavy atom. The molecule has 0 aliphatic rings. The van der Waals surface area contributed by atoms with Crippen LogP contribution in [0.2, 0.25) is 0 Å². The van der Waals surface area contributed by atoms with Crippen molar-refractivity contribution in [2.75, 3.05) is 12.4 Å². The van der Waals surface area contributed by atoms with Gasteiger partial charge in [0.15, 0.2) is 17.4 Å². The zero-order valence-electron chi connectivity index (χ0n) is 22.2. The van der Waals surface area contributed by atoms with Crippen molar-refractivity contribution < 1.29 is 22.6 Å². The number of benzene rings is 3. The summed E-state index contributed by atoms with van der Waals surface area (Å²) in [6, 6.07) is 14.3. The zero-order chi connectivity index (χ0) is 28.5. The second-order valence-corrected chi connectivity index (χ2v) is 10.2. The minimum atomic E-state index is -0.961. The lowest BCUT2D eigenvalue weighted by Gasteiger charge is -2.26. The highest BCUT2D eigenvalue weighted by Crippen LogP contribution is 2.33. The summed E-state index contributed by atoms with van der Waals surface area (Å²) in [6.45, 7) is 6.99. The third-order valence-electron chi connectivity index (χ3n) is 6.17. The maximum atomic E-state index is 14.9. The molecule has 0 saturated heterocycles. The van der Waals surface area contributed by atoms with Gasteiger partial charge in [0.05, 0.1) is 18.8 Å². The monoisotopic (exact) mass is 538 g/mol. The molecule has 0 bridgehead atoms. The Hall–Kier alpha value is -4.11. The van der Waals surface area contributed by atoms with Gasteiger partial charge in [0, 0.05) is 6.04 Å². The van der Waals surface area contributed by atoms with Crippen LogP contribution in [0.3, 0.4) is 0 Å². The lowest BCUT2D eigenvalue weighted by atomic mass is 9.95. The molecule has 6 nitrogen and oxygen atoms in total. The molecule has 4 aromatic rings. The molecule has 0 radical (unpaired) electrons. The van der Waals surface area contributed by atoms with Crippen LogP contribution in [0.25, 0.3) is 0 Å². The molecular formula is C30H29F3N2O4. The van der Waals surface area contributed by atoms with E-state index in [4.69, 9.17) is 9.47 Å². The van der Waals surface area contributed by atoms with E-state index in [0.29, 0.717) is 16.9 Å². The predicted molar refractivity (Wildman–Crippen MR) is 144 cm³/mol. The number of hydrogen-bond donors (Lipinski definition) is 2. The molecule has 0 aliphatic heterocycles. The van der Waals surface area contributed by atoms with Gasteiger partial charge in [-0.1, -0.05) is 24.3 Å². The highest BCUT2D eigenvalue weighted by molar-refractivity contribution is 5.70. The molecule has 4 aromatic carbocycles. The molecule has 0 aromatic heterocycles. The SMILES string of the molecule is COc1ccc(C(NC(C)c2ccc(F)c(F)c2)c2ccc(F)c(Nc3c(OC(C)(C)C)c(=O)c3=O)c2)cc1. The normalized spacial score (nSPS) is 13.2. The first-order chi connectivity index (χ1) is 18.4. The van der Waals surface area contributed by atoms with E-state index in [1.54, 1.807) is 53.0 Å². The summed E-state index contributed by atoms with van der Waals surface area (Å²) in [5.74, 6) is -2.06. The maximum absolute atomic E-state index is 14.9. The number of hydrogen-bond acceptors (Lipinski definition) is 6. The van der Waals surface area contributed by atoms with E-state index in [0.717, 1.165) is 17.7 Å². The number of methoxy groups -OCH3 is 1. The highest BCUT2D eigenvalue weighted by atomic mass is 19.2. The van der Waals surface area contributed by atoms with Gasteiger partial charge in [-0.3, -0.25) is 14.9 Å². The number of halogens is 3. The second kappa shape index (κ2) is 10.9. The number of nitrogens with one attached hydrogen (secondary N) is 2. The van der Waals surface area contributed by atoms with Crippen LogP contribution in [-0.2, 0) is 0 Å². The Labute approximate surface area is 224 Å². The van der Waals surface area contributed by atoms with E-state index in [1.807, 2.05) is 12.1 Å².